The van der Waals surface area contributed by atoms with Gasteiger partial charge < -0.3 is 19.7 Å². The Bertz CT molecular complexity index is 1070. The molecule has 5 rings (SSSR count). The molecule has 2 aromatic carbocycles. The maximum Gasteiger partial charge on any atom is 0.229 e. The number of likely N-dealkylation sites (tertiary alicyclic amines) is 2. The number of benzene rings is 2. The first-order chi connectivity index (χ1) is 18.0. The summed E-state index contributed by atoms with van der Waals surface area (Å²) < 4.78 is 10.6. The summed E-state index contributed by atoms with van der Waals surface area (Å²) in [7, 11) is 3.25. The average molecular weight is 542 g/mol. The molecule has 3 atom stereocenters. The van der Waals surface area contributed by atoms with E-state index >= 15 is 0 Å². The fourth-order valence-electron chi connectivity index (χ4n) is 6.73. The molecular formula is C30H40ClN3O4. The molecule has 7 nitrogen and oxygen atoms in total. The quantitative estimate of drug-likeness (QED) is 0.524. The van der Waals surface area contributed by atoms with Gasteiger partial charge in [-0.15, -0.1) is 12.4 Å². The molecule has 1 N–H and O–H groups in total. The number of ketones is 1. The summed E-state index contributed by atoms with van der Waals surface area (Å²) in [5.74, 6) is 1.71. The standard InChI is InChI=1S/C30H39N3O4.ClH/c1-36-21-27(34)28(26-19-31-18-25(26)23-6-4-3-5-7-23)32-15-12-30(13-16-32)14-17-33(29(30)35)20-22-8-10-24(37-2)11-9-22;/h3-11,25-26,28,31H,12-21H2,1-2H3;1H/t25-,26-,28?;/m1./s1. The van der Waals surface area contributed by atoms with Crippen molar-refractivity contribution in [2.75, 3.05) is 53.6 Å². The lowest BCUT2D eigenvalue weighted by atomic mass is 9.75. The SMILES string of the molecule is COCC(=O)C([C@@H]1CNC[C@@H]1c1ccccc1)N1CCC2(CCN(Cc3ccc(OC)cc3)C2=O)CC1.Cl. The second-order valence-electron chi connectivity index (χ2n) is 10.8. The Morgan fingerprint density at radius 1 is 1.00 bits per heavy atom. The van der Waals surface area contributed by atoms with E-state index in [9.17, 15) is 9.59 Å². The third-order valence-corrected chi connectivity index (χ3v) is 8.79. The van der Waals surface area contributed by atoms with Crippen molar-refractivity contribution in [2.45, 2.75) is 37.8 Å². The molecule has 2 aromatic rings. The molecule has 8 heteroatoms. The first-order valence-electron chi connectivity index (χ1n) is 13.5. The molecule has 3 heterocycles. The van der Waals surface area contributed by atoms with Crippen molar-refractivity contribution in [1.82, 2.24) is 15.1 Å². The van der Waals surface area contributed by atoms with Crippen LogP contribution in [-0.2, 0) is 20.9 Å². The second-order valence-corrected chi connectivity index (χ2v) is 10.8. The number of hydrogen-bond donors (Lipinski definition) is 1. The summed E-state index contributed by atoms with van der Waals surface area (Å²) in [6.45, 7) is 4.77. The molecule has 38 heavy (non-hydrogen) atoms. The van der Waals surface area contributed by atoms with Gasteiger partial charge >= 0.3 is 0 Å². The Balaban J connectivity index is 0.00000336. The Hall–Kier alpha value is -2.45. The van der Waals surface area contributed by atoms with Crippen molar-refractivity contribution in [3.8, 4) is 5.75 Å². The Labute approximate surface area is 232 Å². The lowest BCUT2D eigenvalue weighted by Crippen LogP contribution is -2.54. The highest BCUT2D eigenvalue weighted by Gasteiger charge is 2.50. The third kappa shape index (κ3) is 5.76. The molecule has 1 spiro atoms. The molecule has 0 saturated carbocycles. The molecule has 3 fully saturated rings. The van der Waals surface area contributed by atoms with Gasteiger partial charge in [0.1, 0.15) is 12.4 Å². The first-order valence-corrected chi connectivity index (χ1v) is 13.5. The van der Waals surface area contributed by atoms with Crippen LogP contribution in [0.5, 0.6) is 5.75 Å². The molecule has 1 amide bonds. The summed E-state index contributed by atoms with van der Waals surface area (Å²) in [6, 6.07) is 18.3. The van der Waals surface area contributed by atoms with Crippen LogP contribution >= 0.6 is 12.4 Å². The highest BCUT2D eigenvalue weighted by Crippen LogP contribution is 2.44. The number of piperidine rings is 1. The van der Waals surface area contributed by atoms with Gasteiger partial charge in [0, 0.05) is 45.1 Å². The average Bonchev–Trinajstić information content (AvgIpc) is 3.52. The minimum absolute atomic E-state index is 0. The van der Waals surface area contributed by atoms with E-state index in [2.05, 4.69) is 34.5 Å². The number of nitrogens with one attached hydrogen (secondary N) is 1. The summed E-state index contributed by atoms with van der Waals surface area (Å²) in [4.78, 5) is 31.4. The number of Topliss-reactive ketones (excluding diaryl/α,β-unsaturated/α-hetero) is 1. The Morgan fingerprint density at radius 2 is 1.68 bits per heavy atom. The molecule has 3 aliphatic rings. The van der Waals surface area contributed by atoms with E-state index in [1.807, 2.05) is 35.2 Å². The van der Waals surface area contributed by atoms with Gasteiger partial charge in [0.25, 0.3) is 0 Å². The van der Waals surface area contributed by atoms with Crippen LogP contribution in [0.1, 0.15) is 36.3 Å². The van der Waals surface area contributed by atoms with Crippen molar-refractivity contribution in [1.29, 1.82) is 0 Å². The maximum absolute atomic E-state index is 13.6. The number of halogens is 1. The van der Waals surface area contributed by atoms with Crippen molar-refractivity contribution in [3.63, 3.8) is 0 Å². The maximum atomic E-state index is 13.6. The predicted octanol–water partition coefficient (Wildman–Crippen LogP) is 3.52. The summed E-state index contributed by atoms with van der Waals surface area (Å²) >= 11 is 0. The van der Waals surface area contributed by atoms with Crippen molar-refractivity contribution < 1.29 is 19.1 Å². The molecule has 0 radical (unpaired) electrons. The first kappa shape index (κ1) is 28.6. The molecule has 0 bridgehead atoms. The van der Waals surface area contributed by atoms with Crippen LogP contribution in [0.2, 0.25) is 0 Å². The fraction of sp³-hybridized carbons (Fsp3) is 0.533. The Kier molecular flexibility index (Phi) is 9.47. The number of methoxy groups -OCH3 is 2. The number of nitrogens with zero attached hydrogens (tertiary/aromatic N) is 2. The van der Waals surface area contributed by atoms with E-state index < -0.39 is 0 Å². The van der Waals surface area contributed by atoms with Gasteiger partial charge in [0.15, 0.2) is 5.78 Å². The van der Waals surface area contributed by atoms with E-state index in [0.717, 1.165) is 63.3 Å². The number of rotatable bonds is 9. The molecule has 3 saturated heterocycles. The van der Waals surface area contributed by atoms with Gasteiger partial charge in [-0.2, -0.15) is 0 Å². The fourth-order valence-corrected chi connectivity index (χ4v) is 6.73. The zero-order valence-corrected chi connectivity index (χ0v) is 23.3. The predicted molar refractivity (Wildman–Crippen MR) is 150 cm³/mol. The van der Waals surface area contributed by atoms with Crippen LogP contribution in [0.15, 0.2) is 54.6 Å². The number of carbonyl (C=O) groups is 2. The van der Waals surface area contributed by atoms with Crippen LogP contribution in [0.25, 0.3) is 0 Å². The molecule has 1 unspecified atom stereocenters. The van der Waals surface area contributed by atoms with Gasteiger partial charge in [-0.25, -0.2) is 0 Å². The minimum atomic E-state index is -0.301. The van der Waals surface area contributed by atoms with Crippen LogP contribution in [0.4, 0.5) is 0 Å². The highest BCUT2D eigenvalue weighted by atomic mass is 35.5. The van der Waals surface area contributed by atoms with Crippen LogP contribution in [0, 0.1) is 11.3 Å². The third-order valence-electron chi connectivity index (χ3n) is 8.79. The van der Waals surface area contributed by atoms with Gasteiger partial charge in [-0.05, 0) is 55.6 Å². The lowest BCUT2D eigenvalue weighted by Gasteiger charge is -2.43. The van der Waals surface area contributed by atoms with E-state index in [1.54, 1.807) is 14.2 Å². The van der Waals surface area contributed by atoms with Crippen LogP contribution in [-0.4, -0.2) is 81.1 Å². The number of carbonyl (C=O) groups excluding carboxylic acids is 2. The van der Waals surface area contributed by atoms with E-state index in [1.165, 1.54) is 5.56 Å². The number of ether oxygens (including phenoxy) is 2. The summed E-state index contributed by atoms with van der Waals surface area (Å²) in [5.41, 5.74) is 2.10. The summed E-state index contributed by atoms with van der Waals surface area (Å²) in [5, 5.41) is 3.54. The zero-order chi connectivity index (χ0) is 25.8. The minimum Gasteiger partial charge on any atom is -0.497 e. The zero-order valence-electron chi connectivity index (χ0n) is 22.4. The van der Waals surface area contributed by atoms with E-state index in [-0.39, 0.29) is 54.0 Å². The van der Waals surface area contributed by atoms with E-state index in [0.29, 0.717) is 6.54 Å². The van der Waals surface area contributed by atoms with Crippen molar-refractivity contribution in [3.05, 3.63) is 65.7 Å². The van der Waals surface area contributed by atoms with Gasteiger partial charge in [0.2, 0.25) is 5.91 Å². The molecule has 3 aliphatic heterocycles. The monoisotopic (exact) mass is 541 g/mol. The van der Waals surface area contributed by atoms with Gasteiger partial charge in [-0.3, -0.25) is 14.5 Å². The molecule has 206 valence electrons. The van der Waals surface area contributed by atoms with Crippen LogP contribution in [0.3, 0.4) is 0 Å². The van der Waals surface area contributed by atoms with Gasteiger partial charge in [-0.1, -0.05) is 42.5 Å². The normalized spacial score (nSPS) is 23.8. The van der Waals surface area contributed by atoms with Crippen molar-refractivity contribution >= 4 is 24.1 Å². The molecular weight excluding hydrogens is 502 g/mol. The molecule has 0 aliphatic carbocycles. The lowest BCUT2D eigenvalue weighted by molar-refractivity contribution is -0.140. The largest absolute Gasteiger partial charge is 0.497 e. The summed E-state index contributed by atoms with van der Waals surface area (Å²) in [6.07, 6.45) is 2.50. The number of hydrogen-bond acceptors (Lipinski definition) is 6. The highest BCUT2D eigenvalue weighted by molar-refractivity contribution is 5.87. The smallest absolute Gasteiger partial charge is 0.229 e. The van der Waals surface area contributed by atoms with Crippen LogP contribution < -0.4 is 10.1 Å². The second kappa shape index (κ2) is 12.6. The topological polar surface area (TPSA) is 71.1 Å². The molecule has 0 aromatic heterocycles. The van der Waals surface area contributed by atoms with Gasteiger partial charge in [0.05, 0.1) is 18.6 Å². The van der Waals surface area contributed by atoms with E-state index in [4.69, 9.17) is 9.47 Å². The number of amides is 1. The van der Waals surface area contributed by atoms with Crippen molar-refractivity contribution in [2.24, 2.45) is 11.3 Å². The Morgan fingerprint density at radius 3 is 2.34 bits per heavy atom.